The number of benzene rings is 1. The third kappa shape index (κ3) is 3.08. The first-order chi connectivity index (χ1) is 9.72. The molecule has 1 aromatic heterocycles. The molecule has 3 N–H and O–H groups in total. The lowest BCUT2D eigenvalue weighted by molar-refractivity contribution is 0.100. The van der Waals surface area contributed by atoms with E-state index >= 15 is 0 Å². The third-order valence-electron chi connectivity index (χ3n) is 3.06. The lowest BCUT2D eigenvalue weighted by Gasteiger charge is -2.13. The van der Waals surface area contributed by atoms with E-state index in [0.717, 1.165) is 4.88 Å². The molecule has 0 aliphatic rings. The van der Waals surface area contributed by atoms with Crippen LogP contribution in [0.1, 0.15) is 25.7 Å². The summed E-state index contributed by atoms with van der Waals surface area (Å²) < 4.78 is 27.5. The second-order valence-corrected chi connectivity index (χ2v) is 7.86. The van der Waals surface area contributed by atoms with Crippen molar-refractivity contribution in [2.45, 2.75) is 25.7 Å². The molecular weight excluding hydrogens is 308 g/mol. The van der Waals surface area contributed by atoms with E-state index in [9.17, 15) is 13.2 Å². The van der Waals surface area contributed by atoms with Gasteiger partial charge in [-0.3, -0.25) is 9.52 Å². The number of hydrogen-bond acceptors (Lipinski definition) is 4. The van der Waals surface area contributed by atoms with E-state index in [1.807, 2.05) is 6.92 Å². The van der Waals surface area contributed by atoms with Crippen molar-refractivity contribution in [3.63, 3.8) is 0 Å². The zero-order valence-corrected chi connectivity index (χ0v) is 13.6. The zero-order valence-electron chi connectivity index (χ0n) is 11.9. The molecule has 0 fully saturated rings. The minimum Gasteiger partial charge on any atom is -0.366 e. The standard InChI is InChI=1S/C14H16N2O3S2/c1-8-5-4-6-11(14(15)17)13(8)16-21(18,19)12-7-9(2)20-10(12)3/h4-7,16H,1-3H3,(H2,15,17). The van der Waals surface area contributed by atoms with Gasteiger partial charge in [0.05, 0.1) is 11.3 Å². The molecule has 1 heterocycles. The highest BCUT2D eigenvalue weighted by atomic mass is 32.2. The number of amides is 1. The SMILES string of the molecule is Cc1cc(S(=O)(=O)Nc2c(C)cccc2C(N)=O)c(C)s1. The van der Waals surface area contributed by atoms with Crippen LogP contribution in [0.15, 0.2) is 29.2 Å². The molecule has 2 rings (SSSR count). The summed E-state index contributed by atoms with van der Waals surface area (Å²) >= 11 is 1.41. The maximum atomic E-state index is 12.5. The molecule has 0 saturated carbocycles. The molecule has 2 aromatic rings. The maximum absolute atomic E-state index is 12.5. The molecular formula is C14H16N2O3S2. The number of carbonyl (C=O) groups excluding carboxylic acids is 1. The van der Waals surface area contributed by atoms with Gasteiger partial charge in [-0.15, -0.1) is 11.3 Å². The molecule has 5 nitrogen and oxygen atoms in total. The Morgan fingerprint density at radius 1 is 1.24 bits per heavy atom. The number of primary amides is 1. The quantitative estimate of drug-likeness (QED) is 0.906. The van der Waals surface area contributed by atoms with Crippen molar-refractivity contribution in [2.24, 2.45) is 5.73 Å². The van der Waals surface area contributed by atoms with Crippen LogP contribution < -0.4 is 10.5 Å². The summed E-state index contributed by atoms with van der Waals surface area (Å²) in [5, 5.41) is 0. The summed E-state index contributed by atoms with van der Waals surface area (Å²) in [5.74, 6) is -0.672. The summed E-state index contributed by atoms with van der Waals surface area (Å²) in [6.45, 7) is 5.31. The van der Waals surface area contributed by atoms with E-state index in [1.54, 1.807) is 32.0 Å². The van der Waals surface area contributed by atoms with Gasteiger partial charge >= 0.3 is 0 Å². The maximum Gasteiger partial charge on any atom is 0.263 e. The second kappa shape index (κ2) is 5.50. The molecule has 1 aromatic carbocycles. The third-order valence-corrected chi connectivity index (χ3v) is 5.63. The Morgan fingerprint density at radius 3 is 2.43 bits per heavy atom. The molecule has 0 aliphatic heterocycles. The Bertz CT molecular complexity index is 808. The first-order valence-corrected chi connectivity index (χ1v) is 8.51. The number of sulfonamides is 1. The highest BCUT2D eigenvalue weighted by molar-refractivity contribution is 7.93. The van der Waals surface area contributed by atoms with Crippen LogP contribution in [0.2, 0.25) is 0 Å². The molecule has 112 valence electrons. The number of aryl methyl sites for hydroxylation is 3. The molecule has 0 bridgehead atoms. The summed E-state index contributed by atoms with van der Waals surface area (Å²) in [6, 6.07) is 6.49. The number of para-hydroxylation sites is 1. The van der Waals surface area contributed by atoms with Crippen molar-refractivity contribution in [1.29, 1.82) is 0 Å². The Hall–Kier alpha value is -1.86. The van der Waals surface area contributed by atoms with Crippen LogP contribution in [0.3, 0.4) is 0 Å². The van der Waals surface area contributed by atoms with Crippen LogP contribution in [0, 0.1) is 20.8 Å². The molecule has 1 amide bonds. The lowest BCUT2D eigenvalue weighted by atomic mass is 10.1. The van der Waals surface area contributed by atoms with Gasteiger partial charge in [-0.25, -0.2) is 8.42 Å². The molecule has 0 radical (unpaired) electrons. The number of carbonyl (C=O) groups is 1. The van der Waals surface area contributed by atoms with Crippen LogP contribution in [0.5, 0.6) is 0 Å². The Labute approximate surface area is 127 Å². The van der Waals surface area contributed by atoms with Crippen molar-refractivity contribution in [3.05, 3.63) is 45.1 Å². The Morgan fingerprint density at radius 2 is 1.90 bits per heavy atom. The summed E-state index contributed by atoms with van der Waals surface area (Å²) in [7, 11) is -3.75. The molecule has 0 atom stereocenters. The van der Waals surface area contributed by atoms with Crippen molar-refractivity contribution >= 4 is 33.0 Å². The van der Waals surface area contributed by atoms with Gasteiger partial charge in [0.25, 0.3) is 15.9 Å². The predicted octanol–water partition coefficient (Wildman–Crippen LogP) is 2.57. The molecule has 0 aliphatic carbocycles. The summed E-state index contributed by atoms with van der Waals surface area (Å²) in [6.07, 6.45) is 0. The van der Waals surface area contributed by atoms with Crippen LogP contribution in [0.4, 0.5) is 5.69 Å². The van der Waals surface area contributed by atoms with Gasteiger partial charge in [0, 0.05) is 9.75 Å². The van der Waals surface area contributed by atoms with E-state index in [-0.39, 0.29) is 16.1 Å². The highest BCUT2D eigenvalue weighted by Crippen LogP contribution is 2.29. The molecule has 7 heteroatoms. The van der Waals surface area contributed by atoms with E-state index < -0.39 is 15.9 Å². The minimum absolute atomic E-state index is 0.156. The number of anilines is 1. The van der Waals surface area contributed by atoms with Crippen LogP contribution in [-0.4, -0.2) is 14.3 Å². The van der Waals surface area contributed by atoms with Gasteiger partial charge in [0.2, 0.25) is 0 Å². The molecule has 0 saturated heterocycles. The van der Waals surface area contributed by atoms with Crippen LogP contribution in [0.25, 0.3) is 0 Å². The largest absolute Gasteiger partial charge is 0.366 e. The average molecular weight is 324 g/mol. The first kappa shape index (κ1) is 15.5. The van der Waals surface area contributed by atoms with Crippen molar-refractivity contribution in [3.8, 4) is 0 Å². The molecule has 0 spiro atoms. The van der Waals surface area contributed by atoms with E-state index in [0.29, 0.717) is 10.4 Å². The van der Waals surface area contributed by atoms with Gasteiger partial charge in [0.15, 0.2) is 0 Å². The fourth-order valence-electron chi connectivity index (χ4n) is 2.07. The summed E-state index contributed by atoms with van der Waals surface area (Å²) in [4.78, 5) is 13.3. The van der Waals surface area contributed by atoms with Gasteiger partial charge in [-0.05, 0) is 38.5 Å². The number of nitrogens with one attached hydrogen (secondary N) is 1. The normalized spacial score (nSPS) is 11.4. The first-order valence-electron chi connectivity index (χ1n) is 6.21. The molecule has 21 heavy (non-hydrogen) atoms. The molecule has 0 unspecified atom stereocenters. The highest BCUT2D eigenvalue weighted by Gasteiger charge is 2.22. The van der Waals surface area contributed by atoms with E-state index in [4.69, 9.17) is 5.73 Å². The van der Waals surface area contributed by atoms with Gasteiger partial charge in [0.1, 0.15) is 4.90 Å². The predicted molar refractivity (Wildman–Crippen MR) is 84.3 cm³/mol. The van der Waals surface area contributed by atoms with Crippen molar-refractivity contribution in [1.82, 2.24) is 0 Å². The lowest BCUT2D eigenvalue weighted by Crippen LogP contribution is -2.19. The average Bonchev–Trinajstić information content (AvgIpc) is 2.71. The Balaban J connectivity index is 2.52. The minimum atomic E-state index is -3.75. The van der Waals surface area contributed by atoms with Crippen LogP contribution in [-0.2, 0) is 10.0 Å². The number of thiophene rings is 1. The van der Waals surface area contributed by atoms with E-state index in [2.05, 4.69) is 4.72 Å². The van der Waals surface area contributed by atoms with Gasteiger partial charge in [-0.1, -0.05) is 12.1 Å². The topological polar surface area (TPSA) is 89.3 Å². The van der Waals surface area contributed by atoms with Crippen LogP contribution >= 0.6 is 11.3 Å². The zero-order chi connectivity index (χ0) is 15.8. The Kier molecular flexibility index (Phi) is 4.06. The summed E-state index contributed by atoms with van der Waals surface area (Å²) in [5.41, 5.74) is 6.33. The fourth-order valence-corrected chi connectivity index (χ4v) is 4.78. The smallest absolute Gasteiger partial charge is 0.263 e. The fraction of sp³-hybridized carbons (Fsp3) is 0.214. The number of nitrogens with two attached hydrogens (primary N) is 1. The monoisotopic (exact) mass is 324 g/mol. The van der Waals surface area contributed by atoms with Crippen molar-refractivity contribution in [2.75, 3.05) is 4.72 Å². The van der Waals surface area contributed by atoms with Crippen molar-refractivity contribution < 1.29 is 13.2 Å². The number of hydrogen-bond donors (Lipinski definition) is 2. The van der Waals surface area contributed by atoms with E-state index in [1.165, 1.54) is 17.4 Å². The second-order valence-electron chi connectivity index (χ2n) is 4.74. The van der Waals surface area contributed by atoms with Gasteiger partial charge in [-0.2, -0.15) is 0 Å². The number of rotatable bonds is 4. The van der Waals surface area contributed by atoms with Gasteiger partial charge < -0.3 is 5.73 Å².